The summed E-state index contributed by atoms with van der Waals surface area (Å²) in [6.45, 7) is 7.90. The number of carbonyl (C=O) groups excluding carboxylic acids is 1. The second kappa shape index (κ2) is 6.01. The van der Waals surface area contributed by atoms with Crippen LogP contribution in [0.3, 0.4) is 0 Å². The predicted molar refractivity (Wildman–Crippen MR) is 76.5 cm³/mol. The zero-order valence-electron chi connectivity index (χ0n) is 11.5. The molecule has 1 amide bonds. The summed E-state index contributed by atoms with van der Waals surface area (Å²) < 4.78 is 0. The van der Waals surface area contributed by atoms with Gasteiger partial charge in [0, 0.05) is 23.7 Å². The summed E-state index contributed by atoms with van der Waals surface area (Å²) >= 11 is 0. The molecule has 0 spiro atoms. The molecular formula is C14H17N5O. The van der Waals surface area contributed by atoms with E-state index in [-0.39, 0.29) is 5.91 Å². The number of aromatic amines is 1. The van der Waals surface area contributed by atoms with Crippen LogP contribution in [0, 0.1) is 0 Å². The summed E-state index contributed by atoms with van der Waals surface area (Å²) in [5.74, 6) is -0.0212. The Bertz CT molecular complexity index is 603. The molecule has 0 unspecified atom stereocenters. The highest BCUT2D eigenvalue weighted by atomic mass is 16.2. The summed E-state index contributed by atoms with van der Waals surface area (Å²) in [4.78, 5) is 15.8. The minimum atomic E-state index is -0.316. The molecule has 2 rings (SSSR count). The minimum Gasteiger partial charge on any atom is -0.298 e. The molecule has 20 heavy (non-hydrogen) atoms. The average molecular weight is 271 g/mol. The average Bonchev–Trinajstić information content (AvgIpc) is 2.95. The zero-order chi connectivity index (χ0) is 14.5. The maximum atomic E-state index is 11.9. The van der Waals surface area contributed by atoms with Gasteiger partial charge in [-0.05, 0) is 24.1 Å². The Kier molecular flexibility index (Phi) is 4.14. The molecule has 104 valence electrons. The van der Waals surface area contributed by atoms with Crippen LogP contribution >= 0.6 is 0 Å². The first-order valence-corrected chi connectivity index (χ1v) is 6.29. The Morgan fingerprint density at radius 3 is 2.60 bits per heavy atom. The van der Waals surface area contributed by atoms with Gasteiger partial charge in [-0.3, -0.25) is 25.7 Å². The highest BCUT2D eigenvalue weighted by Gasteiger charge is 2.12. The van der Waals surface area contributed by atoms with E-state index in [1.165, 1.54) is 0 Å². The SMILES string of the molecule is C=C(NNC(=O)c1cc(C(C)C)[nH]n1)c1ccncc1. The van der Waals surface area contributed by atoms with Crippen LogP contribution in [-0.4, -0.2) is 21.1 Å². The van der Waals surface area contributed by atoms with Crippen molar-refractivity contribution in [3.63, 3.8) is 0 Å². The molecule has 0 saturated heterocycles. The molecule has 3 N–H and O–H groups in total. The van der Waals surface area contributed by atoms with E-state index in [0.717, 1.165) is 11.3 Å². The summed E-state index contributed by atoms with van der Waals surface area (Å²) in [5, 5.41) is 6.81. The Labute approximate surface area is 117 Å². The van der Waals surface area contributed by atoms with E-state index in [2.05, 4.69) is 32.6 Å². The fraction of sp³-hybridized carbons (Fsp3) is 0.214. The first-order valence-electron chi connectivity index (χ1n) is 6.29. The first kappa shape index (κ1) is 13.8. The number of carbonyl (C=O) groups is 1. The number of nitrogens with zero attached hydrogens (tertiary/aromatic N) is 2. The van der Waals surface area contributed by atoms with Gasteiger partial charge in [0.05, 0.1) is 5.70 Å². The summed E-state index contributed by atoms with van der Waals surface area (Å²) in [5.41, 5.74) is 8.01. The van der Waals surface area contributed by atoms with Crippen molar-refractivity contribution >= 4 is 11.6 Å². The molecule has 0 aliphatic heterocycles. The molecule has 0 atom stereocenters. The highest BCUT2D eigenvalue weighted by Crippen LogP contribution is 2.11. The van der Waals surface area contributed by atoms with Gasteiger partial charge in [-0.25, -0.2) is 0 Å². The van der Waals surface area contributed by atoms with Gasteiger partial charge >= 0.3 is 0 Å². The smallest absolute Gasteiger partial charge is 0.290 e. The second-order valence-corrected chi connectivity index (χ2v) is 4.66. The Balaban J connectivity index is 1.93. The van der Waals surface area contributed by atoms with E-state index >= 15 is 0 Å². The van der Waals surface area contributed by atoms with Crippen LogP contribution in [-0.2, 0) is 0 Å². The molecule has 6 nitrogen and oxygen atoms in total. The minimum absolute atomic E-state index is 0.295. The van der Waals surface area contributed by atoms with Crippen LogP contribution in [0.25, 0.3) is 5.70 Å². The zero-order valence-corrected chi connectivity index (χ0v) is 11.5. The van der Waals surface area contributed by atoms with E-state index in [4.69, 9.17) is 0 Å². The van der Waals surface area contributed by atoms with Crippen molar-refractivity contribution in [1.29, 1.82) is 0 Å². The number of H-pyrrole nitrogens is 1. The van der Waals surface area contributed by atoms with Crippen LogP contribution < -0.4 is 10.9 Å². The van der Waals surface area contributed by atoms with Crippen molar-refractivity contribution in [1.82, 2.24) is 26.0 Å². The first-order chi connectivity index (χ1) is 9.58. The number of rotatable bonds is 5. The molecule has 2 aromatic heterocycles. The third kappa shape index (κ3) is 3.23. The van der Waals surface area contributed by atoms with Crippen molar-refractivity contribution < 1.29 is 4.79 Å². The van der Waals surface area contributed by atoms with Gasteiger partial charge in [0.25, 0.3) is 5.91 Å². The van der Waals surface area contributed by atoms with Crippen molar-refractivity contribution in [2.75, 3.05) is 0 Å². The fourth-order valence-corrected chi connectivity index (χ4v) is 1.57. The lowest BCUT2D eigenvalue weighted by atomic mass is 10.1. The topological polar surface area (TPSA) is 82.7 Å². The lowest BCUT2D eigenvalue weighted by molar-refractivity contribution is 0.0937. The highest BCUT2D eigenvalue weighted by molar-refractivity contribution is 5.92. The number of hydrazine groups is 1. The van der Waals surface area contributed by atoms with E-state index in [1.807, 2.05) is 13.8 Å². The van der Waals surface area contributed by atoms with Gasteiger partial charge in [0.1, 0.15) is 0 Å². The van der Waals surface area contributed by atoms with E-state index in [1.54, 1.807) is 30.6 Å². The molecule has 0 aliphatic carbocycles. The molecule has 0 bridgehead atoms. The predicted octanol–water partition coefficient (Wildman–Crippen LogP) is 1.83. The molecule has 0 saturated carbocycles. The number of pyridine rings is 1. The summed E-state index contributed by atoms with van der Waals surface area (Å²) in [6.07, 6.45) is 3.32. The maximum absolute atomic E-state index is 11.9. The number of nitrogens with one attached hydrogen (secondary N) is 3. The Hall–Kier alpha value is -2.63. The van der Waals surface area contributed by atoms with Gasteiger partial charge in [0.2, 0.25) is 0 Å². The Morgan fingerprint density at radius 1 is 1.30 bits per heavy atom. The number of amides is 1. The molecule has 0 aromatic carbocycles. The van der Waals surface area contributed by atoms with Crippen molar-refractivity contribution in [2.45, 2.75) is 19.8 Å². The van der Waals surface area contributed by atoms with Crippen molar-refractivity contribution in [3.8, 4) is 0 Å². The normalized spacial score (nSPS) is 10.3. The van der Waals surface area contributed by atoms with Crippen LogP contribution in [0.1, 0.15) is 41.5 Å². The van der Waals surface area contributed by atoms with E-state index in [9.17, 15) is 4.79 Å². The van der Waals surface area contributed by atoms with Crippen LogP contribution in [0.2, 0.25) is 0 Å². The lowest BCUT2D eigenvalue weighted by Gasteiger charge is -2.09. The standard InChI is InChI=1S/C14H17N5O/c1-9(2)12-8-13(18-17-12)14(20)19-16-10(3)11-4-6-15-7-5-11/h4-9,16H,3H2,1-2H3,(H,17,18)(H,19,20). The summed E-state index contributed by atoms with van der Waals surface area (Å²) in [7, 11) is 0. The van der Waals surface area contributed by atoms with Gasteiger partial charge in [-0.2, -0.15) is 5.10 Å². The van der Waals surface area contributed by atoms with E-state index in [0.29, 0.717) is 17.3 Å². The molecule has 6 heteroatoms. The van der Waals surface area contributed by atoms with Gasteiger partial charge < -0.3 is 0 Å². The summed E-state index contributed by atoms with van der Waals surface area (Å²) in [6, 6.07) is 5.33. The quantitative estimate of drug-likeness (QED) is 0.725. The number of hydrogen-bond acceptors (Lipinski definition) is 4. The van der Waals surface area contributed by atoms with Crippen molar-refractivity contribution in [3.05, 3.63) is 54.1 Å². The van der Waals surface area contributed by atoms with Crippen LogP contribution in [0.15, 0.2) is 37.2 Å². The fourth-order valence-electron chi connectivity index (χ4n) is 1.57. The van der Waals surface area contributed by atoms with Crippen LogP contribution in [0.4, 0.5) is 0 Å². The third-order valence-electron chi connectivity index (χ3n) is 2.81. The lowest BCUT2D eigenvalue weighted by Crippen LogP contribution is -2.36. The molecule has 2 aromatic rings. The number of aromatic nitrogens is 3. The monoisotopic (exact) mass is 271 g/mol. The van der Waals surface area contributed by atoms with Crippen molar-refractivity contribution in [2.24, 2.45) is 0 Å². The van der Waals surface area contributed by atoms with E-state index < -0.39 is 0 Å². The molecule has 0 fully saturated rings. The molecule has 0 aliphatic rings. The second-order valence-electron chi connectivity index (χ2n) is 4.66. The van der Waals surface area contributed by atoms with Gasteiger partial charge in [-0.15, -0.1) is 0 Å². The Morgan fingerprint density at radius 2 is 2.00 bits per heavy atom. The van der Waals surface area contributed by atoms with Gasteiger partial charge in [0.15, 0.2) is 5.69 Å². The largest absolute Gasteiger partial charge is 0.298 e. The molecule has 0 radical (unpaired) electrons. The number of hydrogen-bond donors (Lipinski definition) is 3. The third-order valence-corrected chi connectivity index (χ3v) is 2.81. The molecular weight excluding hydrogens is 254 g/mol. The van der Waals surface area contributed by atoms with Crippen LogP contribution in [0.5, 0.6) is 0 Å². The maximum Gasteiger partial charge on any atom is 0.290 e. The van der Waals surface area contributed by atoms with Gasteiger partial charge in [-0.1, -0.05) is 20.4 Å². The molecule has 2 heterocycles.